The van der Waals surface area contributed by atoms with Crippen molar-refractivity contribution in [3.8, 4) is 0 Å². The Kier molecular flexibility index (Phi) is 4.57. The molecule has 2 amide bonds. The van der Waals surface area contributed by atoms with Crippen LogP contribution in [0.15, 0.2) is 42.5 Å². The van der Waals surface area contributed by atoms with E-state index in [1.165, 1.54) is 31.4 Å². The van der Waals surface area contributed by atoms with Gasteiger partial charge in [-0.3, -0.25) is 9.59 Å². The molecule has 0 saturated carbocycles. The molecule has 0 fully saturated rings. The second kappa shape index (κ2) is 6.80. The number of anilines is 2. The van der Waals surface area contributed by atoms with Crippen LogP contribution in [0.25, 0.3) is 0 Å². The van der Waals surface area contributed by atoms with Gasteiger partial charge in [-0.1, -0.05) is 6.07 Å². The summed E-state index contributed by atoms with van der Waals surface area (Å²) >= 11 is 0. The Morgan fingerprint density at radius 3 is 2.67 bits per heavy atom. The SMILES string of the molecule is COCC(=O)N1CCc2ccc(NC(=O)c3ccc(F)cc3)cc21. The van der Waals surface area contributed by atoms with E-state index in [4.69, 9.17) is 4.74 Å². The number of carbonyl (C=O) groups excluding carboxylic acids is 2. The van der Waals surface area contributed by atoms with Crippen molar-refractivity contribution in [1.29, 1.82) is 0 Å². The molecule has 1 aliphatic rings. The lowest BCUT2D eigenvalue weighted by Gasteiger charge is -2.17. The molecule has 124 valence electrons. The van der Waals surface area contributed by atoms with E-state index < -0.39 is 5.82 Å². The highest BCUT2D eigenvalue weighted by atomic mass is 19.1. The van der Waals surface area contributed by atoms with Crippen molar-refractivity contribution in [2.24, 2.45) is 0 Å². The van der Waals surface area contributed by atoms with Gasteiger partial charge in [0.15, 0.2) is 0 Å². The van der Waals surface area contributed by atoms with Crippen LogP contribution in [0.3, 0.4) is 0 Å². The maximum Gasteiger partial charge on any atom is 0.255 e. The first-order valence-corrected chi connectivity index (χ1v) is 7.57. The van der Waals surface area contributed by atoms with Crippen molar-refractivity contribution in [2.45, 2.75) is 6.42 Å². The zero-order valence-corrected chi connectivity index (χ0v) is 13.2. The zero-order valence-electron chi connectivity index (χ0n) is 13.2. The minimum absolute atomic E-state index is 0.0195. The molecule has 0 aromatic heterocycles. The number of ether oxygens (including phenoxy) is 1. The Morgan fingerprint density at radius 2 is 1.96 bits per heavy atom. The summed E-state index contributed by atoms with van der Waals surface area (Å²) < 4.78 is 17.8. The molecule has 0 bridgehead atoms. The number of hydrogen-bond donors (Lipinski definition) is 1. The van der Waals surface area contributed by atoms with Gasteiger partial charge in [-0.15, -0.1) is 0 Å². The second-order valence-corrected chi connectivity index (χ2v) is 5.53. The Balaban J connectivity index is 1.78. The van der Waals surface area contributed by atoms with Crippen molar-refractivity contribution in [3.05, 3.63) is 59.4 Å². The fraction of sp³-hybridized carbons (Fsp3) is 0.222. The minimum atomic E-state index is -0.392. The number of amides is 2. The summed E-state index contributed by atoms with van der Waals surface area (Å²) in [5.41, 5.74) is 2.79. The van der Waals surface area contributed by atoms with Crippen molar-refractivity contribution >= 4 is 23.2 Å². The molecule has 0 saturated heterocycles. The molecule has 0 unspecified atom stereocenters. The number of methoxy groups -OCH3 is 1. The van der Waals surface area contributed by atoms with Gasteiger partial charge in [-0.2, -0.15) is 0 Å². The quantitative estimate of drug-likeness (QED) is 0.938. The monoisotopic (exact) mass is 328 g/mol. The molecular weight excluding hydrogens is 311 g/mol. The van der Waals surface area contributed by atoms with Crippen LogP contribution in [0, 0.1) is 5.82 Å². The maximum atomic E-state index is 12.9. The van der Waals surface area contributed by atoms with Crippen LogP contribution in [0.1, 0.15) is 15.9 Å². The third-order valence-corrected chi connectivity index (χ3v) is 3.91. The van der Waals surface area contributed by atoms with Gasteiger partial charge in [0.1, 0.15) is 12.4 Å². The third kappa shape index (κ3) is 3.28. The highest BCUT2D eigenvalue weighted by Crippen LogP contribution is 2.31. The van der Waals surface area contributed by atoms with Gasteiger partial charge in [0.25, 0.3) is 11.8 Å². The third-order valence-electron chi connectivity index (χ3n) is 3.91. The maximum absolute atomic E-state index is 12.9. The number of fused-ring (bicyclic) bond motifs is 1. The van der Waals surface area contributed by atoms with Crippen LogP contribution in [0.2, 0.25) is 0 Å². The molecule has 1 N–H and O–H groups in total. The lowest BCUT2D eigenvalue weighted by molar-refractivity contribution is -0.122. The summed E-state index contributed by atoms with van der Waals surface area (Å²) in [6.45, 7) is 0.624. The molecular formula is C18H17FN2O3. The smallest absolute Gasteiger partial charge is 0.255 e. The van der Waals surface area contributed by atoms with Gasteiger partial charge in [0.05, 0.1) is 0 Å². The normalized spacial score (nSPS) is 12.8. The van der Waals surface area contributed by atoms with Crippen molar-refractivity contribution < 1.29 is 18.7 Å². The first-order chi connectivity index (χ1) is 11.6. The van der Waals surface area contributed by atoms with Crippen LogP contribution >= 0.6 is 0 Å². The van der Waals surface area contributed by atoms with Gasteiger partial charge < -0.3 is 15.0 Å². The molecule has 6 heteroatoms. The van der Waals surface area contributed by atoms with E-state index in [9.17, 15) is 14.0 Å². The highest BCUT2D eigenvalue weighted by molar-refractivity contribution is 6.05. The standard InChI is InChI=1S/C18H17FN2O3/c1-24-11-17(22)21-9-8-12-4-7-15(10-16(12)21)20-18(23)13-2-5-14(19)6-3-13/h2-7,10H,8-9,11H2,1H3,(H,20,23). The number of rotatable bonds is 4. The van der Waals surface area contributed by atoms with Crippen LogP contribution in [-0.2, 0) is 16.0 Å². The molecule has 2 aromatic rings. The first-order valence-electron chi connectivity index (χ1n) is 7.57. The van der Waals surface area contributed by atoms with Gasteiger partial charge >= 0.3 is 0 Å². The number of benzene rings is 2. The lowest BCUT2D eigenvalue weighted by atomic mass is 10.1. The van der Waals surface area contributed by atoms with Crippen molar-refractivity contribution in [1.82, 2.24) is 0 Å². The van der Waals surface area contributed by atoms with E-state index in [1.54, 1.807) is 17.0 Å². The molecule has 2 aromatic carbocycles. The summed E-state index contributed by atoms with van der Waals surface area (Å²) in [5.74, 6) is -0.836. The van der Waals surface area contributed by atoms with Gasteiger partial charge in [-0.25, -0.2) is 4.39 Å². The van der Waals surface area contributed by atoms with E-state index in [0.29, 0.717) is 17.8 Å². The average Bonchev–Trinajstić information content (AvgIpc) is 2.99. The van der Waals surface area contributed by atoms with Crippen molar-refractivity contribution in [3.63, 3.8) is 0 Å². The van der Waals surface area contributed by atoms with E-state index in [2.05, 4.69) is 5.32 Å². The minimum Gasteiger partial charge on any atom is -0.375 e. The number of halogens is 1. The topological polar surface area (TPSA) is 58.6 Å². The Morgan fingerprint density at radius 1 is 1.21 bits per heavy atom. The number of carbonyl (C=O) groups is 2. The van der Waals surface area contributed by atoms with Gasteiger partial charge in [0, 0.05) is 30.6 Å². The second-order valence-electron chi connectivity index (χ2n) is 5.53. The fourth-order valence-electron chi connectivity index (χ4n) is 2.72. The predicted molar refractivity (Wildman–Crippen MR) is 88.7 cm³/mol. The Labute approximate surface area is 139 Å². The predicted octanol–water partition coefficient (Wildman–Crippen LogP) is 2.61. The Bertz CT molecular complexity index is 774. The average molecular weight is 328 g/mol. The summed E-state index contributed by atoms with van der Waals surface area (Å²) in [6, 6.07) is 10.8. The van der Waals surface area contributed by atoms with E-state index in [0.717, 1.165) is 17.7 Å². The molecule has 5 nitrogen and oxygen atoms in total. The van der Waals surface area contributed by atoms with Crippen LogP contribution in [0.5, 0.6) is 0 Å². The summed E-state index contributed by atoms with van der Waals surface area (Å²) in [7, 11) is 1.48. The molecule has 1 aliphatic heterocycles. The molecule has 0 spiro atoms. The number of nitrogens with zero attached hydrogens (tertiary/aromatic N) is 1. The van der Waals surface area contributed by atoms with Crippen LogP contribution in [-0.4, -0.2) is 32.1 Å². The molecule has 0 aliphatic carbocycles. The van der Waals surface area contributed by atoms with Gasteiger partial charge in [0.2, 0.25) is 0 Å². The number of nitrogens with one attached hydrogen (secondary N) is 1. The lowest BCUT2D eigenvalue weighted by Crippen LogP contribution is -2.32. The van der Waals surface area contributed by atoms with Gasteiger partial charge in [-0.05, 0) is 48.4 Å². The molecule has 1 heterocycles. The van der Waals surface area contributed by atoms with E-state index in [1.807, 2.05) is 6.07 Å². The number of hydrogen-bond acceptors (Lipinski definition) is 3. The van der Waals surface area contributed by atoms with E-state index >= 15 is 0 Å². The van der Waals surface area contributed by atoms with Crippen LogP contribution in [0.4, 0.5) is 15.8 Å². The van der Waals surface area contributed by atoms with Crippen molar-refractivity contribution in [2.75, 3.05) is 30.5 Å². The molecule has 0 atom stereocenters. The summed E-state index contributed by atoms with van der Waals surface area (Å²) in [4.78, 5) is 25.9. The summed E-state index contributed by atoms with van der Waals surface area (Å²) in [6.07, 6.45) is 0.775. The largest absolute Gasteiger partial charge is 0.375 e. The van der Waals surface area contributed by atoms with E-state index in [-0.39, 0.29) is 18.4 Å². The highest BCUT2D eigenvalue weighted by Gasteiger charge is 2.24. The zero-order chi connectivity index (χ0) is 17.1. The summed E-state index contributed by atoms with van der Waals surface area (Å²) in [5, 5.41) is 2.77. The fourth-order valence-corrected chi connectivity index (χ4v) is 2.72. The Hall–Kier alpha value is -2.73. The molecule has 0 radical (unpaired) electrons. The van der Waals surface area contributed by atoms with Crippen LogP contribution < -0.4 is 10.2 Å². The molecule has 3 rings (SSSR count). The molecule has 24 heavy (non-hydrogen) atoms. The first kappa shape index (κ1) is 16.1.